The van der Waals surface area contributed by atoms with Crippen molar-refractivity contribution in [3.8, 4) is 5.75 Å². The fraction of sp³-hybridized carbons (Fsp3) is 0.455. The number of rotatable bonds is 4. The lowest BCUT2D eigenvalue weighted by molar-refractivity contribution is 0.141. The smallest absolute Gasteiger partial charge is 0.246 e. The summed E-state index contributed by atoms with van der Waals surface area (Å²) in [6, 6.07) is 6.41. The molecule has 0 spiro atoms. The summed E-state index contributed by atoms with van der Waals surface area (Å²) in [7, 11) is -3.62. The number of benzene rings is 1. The molecule has 0 atom stereocenters. The van der Waals surface area contributed by atoms with E-state index in [0.29, 0.717) is 12.4 Å². The summed E-state index contributed by atoms with van der Waals surface area (Å²) in [5.74, 6) is 0.317. The zero-order valence-electron chi connectivity index (χ0n) is 9.47. The highest BCUT2D eigenvalue weighted by Gasteiger charge is 2.38. The predicted octanol–water partition coefficient (Wildman–Crippen LogP) is 1.43. The van der Waals surface area contributed by atoms with Crippen LogP contribution in [0.5, 0.6) is 5.75 Å². The third-order valence-corrected chi connectivity index (χ3v) is 4.44. The van der Waals surface area contributed by atoms with Crippen molar-refractivity contribution in [2.75, 3.05) is 19.7 Å². The van der Waals surface area contributed by atoms with E-state index in [0.717, 1.165) is 4.31 Å². The third kappa shape index (κ3) is 2.28. The summed E-state index contributed by atoms with van der Waals surface area (Å²) in [5.41, 5.74) is 0. The average molecular weight is 259 g/mol. The molecule has 17 heavy (non-hydrogen) atoms. The number of hydrogen-bond donors (Lipinski definition) is 0. The van der Waals surface area contributed by atoms with E-state index in [1.54, 1.807) is 25.1 Å². The summed E-state index contributed by atoms with van der Waals surface area (Å²) in [4.78, 5) is 0.105. The molecule has 1 saturated heterocycles. The number of ether oxygens (including phenoxy) is 1. The van der Waals surface area contributed by atoms with Crippen LogP contribution < -0.4 is 4.74 Å². The number of para-hydroxylation sites is 1. The first-order valence-corrected chi connectivity index (χ1v) is 6.85. The van der Waals surface area contributed by atoms with Crippen LogP contribution in [0.3, 0.4) is 0 Å². The van der Waals surface area contributed by atoms with Gasteiger partial charge in [0.15, 0.2) is 0 Å². The van der Waals surface area contributed by atoms with Crippen LogP contribution in [0.1, 0.15) is 6.92 Å². The van der Waals surface area contributed by atoms with Crippen LogP contribution in [0.2, 0.25) is 0 Å². The molecule has 0 amide bonds. The molecule has 0 unspecified atom stereocenters. The van der Waals surface area contributed by atoms with E-state index >= 15 is 0 Å². The molecular weight excluding hydrogens is 245 g/mol. The van der Waals surface area contributed by atoms with Crippen molar-refractivity contribution in [2.24, 2.45) is 0 Å². The first-order chi connectivity index (χ1) is 8.05. The van der Waals surface area contributed by atoms with Crippen molar-refractivity contribution >= 4 is 10.0 Å². The summed E-state index contributed by atoms with van der Waals surface area (Å²) in [6.07, 6.45) is -1.05. The van der Waals surface area contributed by atoms with Crippen molar-refractivity contribution in [1.29, 1.82) is 0 Å². The summed E-state index contributed by atoms with van der Waals surface area (Å²) in [5, 5.41) is 0. The van der Waals surface area contributed by atoms with Gasteiger partial charge >= 0.3 is 0 Å². The lowest BCUT2D eigenvalue weighted by Gasteiger charge is -2.33. The Bertz CT molecular complexity index is 497. The van der Waals surface area contributed by atoms with Gasteiger partial charge in [0.2, 0.25) is 10.0 Å². The maximum Gasteiger partial charge on any atom is 0.246 e. The normalized spacial score (nSPS) is 17.8. The molecule has 1 fully saturated rings. The lowest BCUT2D eigenvalue weighted by atomic mass is 10.3. The quantitative estimate of drug-likeness (QED) is 0.821. The first kappa shape index (κ1) is 12.3. The molecule has 1 aliphatic heterocycles. The highest BCUT2D eigenvalue weighted by molar-refractivity contribution is 7.89. The molecule has 0 aromatic heterocycles. The molecule has 0 radical (unpaired) electrons. The second kappa shape index (κ2) is 4.62. The largest absolute Gasteiger partial charge is 0.492 e. The summed E-state index contributed by atoms with van der Waals surface area (Å²) >= 11 is 0. The Morgan fingerprint density at radius 3 is 2.65 bits per heavy atom. The van der Waals surface area contributed by atoms with Gasteiger partial charge < -0.3 is 4.74 Å². The molecule has 4 nitrogen and oxygen atoms in total. The van der Waals surface area contributed by atoms with Crippen molar-refractivity contribution in [3.63, 3.8) is 0 Å². The molecule has 6 heteroatoms. The van der Waals surface area contributed by atoms with Gasteiger partial charge in [-0.3, -0.25) is 0 Å². The van der Waals surface area contributed by atoms with Crippen molar-refractivity contribution in [1.82, 2.24) is 4.31 Å². The predicted molar refractivity (Wildman–Crippen MR) is 61.3 cm³/mol. The van der Waals surface area contributed by atoms with E-state index in [9.17, 15) is 12.8 Å². The Morgan fingerprint density at radius 1 is 1.41 bits per heavy atom. The van der Waals surface area contributed by atoms with Gasteiger partial charge in [-0.05, 0) is 19.1 Å². The van der Waals surface area contributed by atoms with Crippen molar-refractivity contribution < 1.29 is 17.5 Å². The van der Waals surface area contributed by atoms with E-state index in [1.807, 2.05) is 0 Å². The van der Waals surface area contributed by atoms with E-state index < -0.39 is 16.2 Å². The molecule has 2 rings (SSSR count). The monoisotopic (exact) mass is 259 g/mol. The molecule has 1 aromatic carbocycles. The minimum absolute atomic E-state index is 0.0667. The minimum Gasteiger partial charge on any atom is -0.492 e. The second-order valence-electron chi connectivity index (χ2n) is 3.80. The van der Waals surface area contributed by atoms with E-state index in [-0.39, 0.29) is 18.0 Å². The minimum atomic E-state index is -3.62. The molecule has 0 saturated carbocycles. The SMILES string of the molecule is CCOc1ccccc1S(=O)(=O)N1CC(F)C1. The summed E-state index contributed by atoms with van der Waals surface area (Å²) < 4.78 is 43.4. The zero-order chi connectivity index (χ0) is 12.5. The lowest BCUT2D eigenvalue weighted by Crippen LogP contribution is -2.51. The van der Waals surface area contributed by atoms with Gasteiger partial charge in [0.25, 0.3) is 0 Å². The molecule has 1 heterocycles. The Balaban J connectivity index is 2.32. The van der Waals surface area contributed by atoms with E-state index in [2.05, 4.69) is 0 Å². The van der Waals surface area contributed by atoms with Gasteiger partial charge in [-0.2, -0.15) is 4.31 Å². The highest BCUT2D eigenvalue weighted by atomic mass is 32.2. The fourth-order valence-electron chi connectivity index (χ4n) is 1.66. The van der Waals surface area contributed by atoms with Crippen LogP contribution in [0, 0.1) is 0 Å². The second-order valence-corrected chi connectivity index (χ2v) is 5.71. The topological polar surface area (TPSA) is 46.6 Å². The molecule has 94 valence electrons. The Hall–Kier alpha value is -1.14. The van der Waals surface area contributed by atoms with Crippen LogP contribution >= 0.6 is 0 Å². The van der Waals surface area contributed by atoms with Gasteiger partial charge in [0, 0.05) is 13.1 Å². The van der Waals surface area contributed by atoms with E-state index in [1.165, 1.54) is 6.07 Å². The molecule has 1 aromatic rings. The standard InChI is InChI=1S/C11H14FNO3S/c1-2-16-10-5-3-4-6-11(10)17(14,15)13-7-9(12)8-13/h3-6,9H,2,7-8H2,1H3. The average Bonchev–Trinajstić information content (AvgIpc) is 2.26. The number of halogens is 1. The Morgan fingerprint density at radius 2 is 2.06 bits per heavy atom. The van der Waals surface area contributed by atoms with Crippen molar-refractivity contribution in [3.05, 3.63) is 24.3 Å². The van der Waals surface area contributed by atoms with Crippen LogP contribution in [0.4, 0.5) is 4.39 Å². The van der Waals surface area contributed by atoms with Gasteiger partial charge in [-0.1, -0.05) is 12.1 Å². The molecule has 0 bridgehead atoms. The molecule has 0 N–H and O–H groups in total. The molecular formula is C11H14FNO3S. The molecule has 1 aliphatic rings. The van der Waals surface area contributed by atoms with Gasteiger partial charge in [0.1, 0.15) is 16.8 Å². The van der Waals surface area contributed by atoms with Crippen LogP contribution in [0.25, 0.3) is 0 Å². The van der Waals surface area contributed by atoms with Gasteiger partial charge in [-0.25, -0.2) is 12.8 Å². The Kier molecular flexibility index (Phi) is 3.35. The fourth-order valence-corrected chi connectivity index (χ4v) is 3.29. The highest BCUT2D eigenvalue weighted by Crippen LogP contribution is 2.29. The van der Waals surface area contributed by atoms with Gasteiger partial charge in [0.05, 0.1) is 6.61 Å². The maximum atomic E-state index is 12.7. The third-order valence-electron chi connectivity index (χ3n) is 2.57. The first-order valence-electron chi connectivity index (χ1n) is 5.41. The summed E-state index contributed by atoms with van der Waals surface area (Å²) in [6.45, 7) is 2.04. The van der Waals surface area contributed by atoms with Crippen LogP contribution in [-0.2, 0) is 10.0 Å². The number of alkyl halides is 1. The number of sulfonamides is 1. The van der Waals surface area contributed by atoms with E-state index in [4.69, 9.17) is 4.74 Å². The zero-order valence-corrected chi connectivity index (χ0v) is 10.3. The Labute approximate surface area is 100 Å². The van der Waals surface area contributed by atoms with Crippen LogP contribution in [-0.4, -0.2) is 38.6 Å². The molecule has 0 aliphatic carbocycles. The number of hydrogen-bond acceptors (Lipinski definition) is 3. The van der Waals surface area contributed by atoms with Crippen molar-refractivity contribution in [2.45, 2.75) is 18.0 Å². The van der Waals surface area contributed by atoms with Gasteiger partial charge in [-0.15, -0.1) is 0 Å². The van der Waals surface area contributed by atoms with Crippen LogP contribution in [0.15, 0.2) is 29.2 Å². The number of nitrogens with zero attached hydrogens (tertiary/aromatic N) is 1. The maximum absolute atomic E-state index is 12.7.